The van der Waals surface area contributed by atoms with E-state index in [1.165, 1.54) is 4.90 Å². The zero-order valence-corrected chi connectivity index (χ0v) is 38.2. The van der Waals surface area contributed by atoms with Crippen LogP contribution in [0, 0.1) is 8.99 Å². The molecule has 330 valence electrons. The van der Waals surface area contributed by atoms with Crippen LogP contribution in [-0.4, -0.2) is 106 Å². The normalized spacial score (nSPS) is 26.5. The second kappa shape index (κ2) is 19.9. The van der Waals surface area contributed by atoms with E-state index in [0.717, 1.165) is 53.2 Å². The van der Waals surface area contributed by atoms with Crippen LogP contribution in [-0.2, 0) is 55.9 Å². The number of rotatable bonds is 20. The molecule has 60 heavy (non-hydrogen) atoms. The maximum atomic E-state index is 15.7. The fourth-order valence-electron chi connectivity index (χ4n) is 9.40. The molecule has 3 saturated heterocycles. The second-order valence-corrected chi connectivity index (χ2v) is 19.2. The number of hydroxylamine groups is 2. The average Bonchev–Trinajstić information content (AvgIpc) is 3.76. The molecule has 4 aliphatic rings. The standard InChI is InChI=1S/C46H64IN3O10/c1-7-9-14-23-45(24-15-10-8-2)58-37-35-27-46(39(42(54)56-35)50(60-40(46)38(37)59-45)28-31-19-16-20-32(47)25-31)43(55)49(6)34(26-30-17-12-11-13-18-30)41(53)48-33(29-51)21-22-36(52)57-44(3,4)5/h11-13,16-20,25,33-35,37-40,51H,7-10,14-15,21-24,26-29H2,1-6H3,(H,48,53)/t33-,34+,35?,37-,38-,39-,40+,46?/m0/s1. The molecular weight excluding hydrogens is 881 g/mol. The number of amides is 2. The summed E-state index contributed by atoms with van der Waals surface area (Å²) in [6, 6.07) is 14.3. The van der Waals surface area contributed by atoms with Gasteiger partial charge in [0.05, 0.1) is 19.2 Å². The Morgan fingerprint density at radius 2 is 1.65 bits per heavy atom. The van der Waals surface area contributed by atoms with Crippen LogP contribution in [0.4, 0.5) is 0 Å². The number of carbonyl (C=O) groups is 4. The number of halogens is 1. The first-order chi connectivity index (χ1) is 28.6. The number of hydrogen-bond acceptors (Lipinski definition) is 11. The van der Waals surface area contributed by atoms with Crippen LogP contribution in [0.3, 0.4) is 0 Å². The van der Waals surface area contributed by atoms with Gasteiger partial charge >= 0.3 is 11.9 Å². The van der Waals surface area contributed by atoms with E-state index in [4.69, 9.17) is 23.8 Å². The zero-order valence-electron chi connectivity index (χ0n) is 36.0. The highest BCUT2D eigenvalue weighted by molar-refractivity contribution is 14.1. The van der Waals surface area contributed by atoms with Gasteiger partial charge in [0.15, 0.2) is 11.8 Å². The van der Waals surface area contributed by atoms with Gasteiger partial charge in [-0.25, -0.2) is 0 Å². The summed E-state index contributed by atoms with van der Waals surface area (Å²) in [4.78, 5) is 65.6. The summed E-state index contributed by atoms with van der Waals surface area (Å²) >= 11 is 2.25. The third-order valence-corrected chi connectivity index (χ3v) is 12.9. The van der Waals surface area contributed by atoms with Crippen LogP contribution in [0.1, 0.15) is 116 Å². The Balaban J connectivity index is 1.36. The molecule has 0 radical (unpaired) electrons. The van der Waals surface area contributed by atoms with Crippen LogP contribution < -0.4 is 5.32 Å². The number of carbonyl (C=O) groups excluding carboxylic acids is 4. The molecule has 2 amide bonds. The summed E-state index contributed by atoms with van der Waals surface area (Å²) < 4.78 is 26.7. The number of unbranched alkanes of at least 4 members (excludes halogenated alkanes) is 4. The van der Waals surface area contributed by atoms with Crippen LogP contribution in [0.25, 0.3) is 0 Å². The van der Waals surface area contributed by atoms with E-state index in [2.05, 4.69) is 41.8 Å². The van der Waals surface area contributed by atoms with Gasteiger partial charge in [0.2, 0.25) is 11.8 Å². The van der Waals surface area contributed by atoms with Crippen molar-refractivity contribution in [1.29, 1.82) is 0 Å². The molecule has 13 nitrogen and oxygen atoms in total. The van der Waals surface area contributed by atoms with Gasteiger partial charge in [0.1, 0.15) is 41.5 Å². The van der Waals surface area contributed by atoms with E-state index in [9.17, 15) is 19.5 Å². The maximum absolute atomic E-state index is 15.7. The predicted molar refractivity (Wildman–Crippen MR) is 232 cm³/mol. The minimum absolute atomic E-state index is 0.0203. The molecular formula is C46H64IN3O10. The maximum Gasteiger partial charge on any atom is 0.327 e. The summed E-state index contributed by atoms with van der Waals surface area (Å²) in [5, 5.41) is 14.9. The third-order valence-electron chi connectivity index (χ3n) is 12.2. The van der Waals surface area contributed by atoms with Crippen molar-refractivity contribution < 1.29 is 48.1 Å². The molecule has 3 aliphatic heterocycles. The summed E-state index contributed by atoms with van der Waals surface area (Å²) in [6.45, 7) is 9.42. The quantitative estimate of drug-likeness (QED) is 0.0862. The van der Waals surface area contributed by atoms with Gasteiger partial charge in [0.25, 0.3) is 0 Å². The van der Waals surface area contributed by atoms with Gasteiger partial charge in [-0.05, 0) is 85.9 Å². The number of nitrogens with zero attached hydrogens (tertiary/aromatic N) is 2. The lowest BCUT2D eigenvalue weighted by molar-refractivity contribution is -0.225. The number of esters is 2. The van der Waals surface area contributed by atoms with Crippen LogP contribution >= 0.6 is 22.6 Å². The van der Waals surface area contributed by atoms with Gasteiger partial charge < -0.3 is 34.3 Å². The number of aliphatic hydroxyl groups is 1. The number of hydrogen-bond donors (Lipinski definition) is 2. The number of likely N-dealkylation sites (N-methyl/N-ethyl adjacent to an activating group) is 1. The van der Waals surface area contributed by atoms with Crippen molar-refractivity contribution in [3.8, 4) is 0 Å². The molecule has 0 aromatic heterocycles. The van der Waals surface area contributed by atoms with Crippen molar-refractivity contribution in [3.63, 3.8) is 0 Å². The number of nitrogens with one attached hydrogen (secondary N) is 1. The van der Waals surface area contributed by atoms with E-state index in [1.54, 1.807) is 32.9 Å². The summed E-state index contributed by atoms with van der Waals surface area (Å²) in [7, 11) is 1.59. The largest absolute Gasteiger partial charge is 0.460 e. The number of aliphatic hydroxyl groups excluding tert-OH is 1. The van der Waals surface area contributed by atoms with Crippen molar-refractivity contribution in [2.75, 3.05) is 13.7 Å². The Bertz CT molecular complexity index is 1800. The van der Waals surface area contributed by atoms with Crippen LogP contribution in [0.15, 0.2) is 54.6 Å². The molecule has 8 atom stereocenters. The van der Waals surface area contributed by atoms with E-state index >= 15 is 4.79 Å². The molecule has 1 aliphatic carbocycles. The van der Waals surface area contributed by atoms with Crippen molar-refractivity contribution in [1.82, 2.24) is 15.3 Å². The lowest BCUT2D eigenvalue weighted by Crippen LogP contribution is -2.70. The van der Waals surface area contributed by atoms with Crippen molar-refractivity contribution in [2.24, 2.45) is 5.41 Å². The first-order valence-electron chi connectivity index (χ1n) is 21.8. The molecule has 4 fully saturated rings. The number of benzene rings is 2. The fourth-order valence-corrected chi connectivity index (χ4v) is 10.0. The lowest BCUT2D eigenvalue weighted by atomic mass is 9.62. The first-order valence-corrected chi connectivity index (χ1v) is 22.9. The summed E-state index contributed by atoms with van der Waals surface area (Å²) in [5.74, 6) is -2.89. The average molecular weight is 946 g/mol. The fraction of sp³-hybridized carbons (Fsp3) is 0.652. The molecule has 2 aromatic carbocycles. The summed E-state index contributed by atoms with van der Waals surface area (Å²) in [5.41, 5.74) is -0.471. The molecule has 0 spiro atoms. The SMILES string of the molecule is CCCCCC1(CCCCC)O[C@@H]2[C@H]3ON(Cc4cccc(I)c4)[C@H]4C(=O)OC(CC34C(=O)N(C)[C@H](Cc3ccccc3)C(=O)N[C@H](CO)CCC(=O)OC(C)(C)C)[C@@H]2O1. The van der Waals surface area contributed by atoms with Crippen molar-refractivity contribution in [2.45, 2.75) is 172 Å². The number of ether oxygens (including phenoxy) is 4. The van der Waals surface area contributed by atoms with E-state index < -0.39 is 89.7 Å². The van der Waals surface area contributed by atoms with Gasteiger partial charge in [-0.15, -0.1) is 0 Å². The molecule has 2 unspecified atom stereocenters. The summed E-state index contributed by atoms with van der Waals surface area (Å²) in [6.07, 6.45) is 4.53. The highest BCUT2D eigenvalue weighted by Crippen LogP contribution is 2.58. The third kappa shape index (κ3) is 10.4. The van der Waals surface area contributed by atoms with E-state index in [1.807, 2.05) is 54.6 Å². The van der Waals surface area contributed by atoms with E-state index in [0.29, 0.717) is 12.8 Å². The molecule has 2 aromatic rings. The Hall–Kier alpha value is -3.15. The monoisotopic (exact) mass is 945 g/mol. The highest BCUT2D eigenvalue weighted by atomic mass is 127. The minimum atomic E-state index is -1.49. The molecule has 2 N–H and O–H groups in total. The topological polar surface area (TPSA) is 153 Å². The van der Waals surface area contributed by atoms with Crippen molar-refractivity contribution in [3.05, 3.63) is 69.3 Å². The van der Waals surface area contributed by atoms with Crippen LogP contribution in [0.5, 0.6) is 0 Å². The van der Waals surface area contributed by atoms with Gasteiger partial charge in [0, 0.05) is 42.7 Å². The van der Waals surface area contributed by atoms with Crippen molar-refractivity contribution >= 4 is 46.3 Å². The van der Waals surface area contributed by atoms with Gasteiger partial charge in [-0.3, -0.25) is 24.0 Å². The smallest absolute Gasteiger partial charge is 0.327 e. The minimum Gasteiger partial charge on any atom is -0.460 e. The lowest BCUT2D eigenvalue weighted by Gasteiger charge is -2.50. The second-order valence-electron chi connectivity index (χ2n) is 18.0. The van der Waals surface area contributed by atoms with Gasteiger partial charge in [-0.2, -0.15) is 5.06 Å². The zero-order chi connectivity index (χ0) is 43.2. The molecule has 3 heterocycles. The Morgan fingerprint density at radius 1 is 0.983 bits per heavy atom. The van der Waals surface area contributed by atoms with E-state index in [-0.39, 0.29) is 32.2 Å². The number of fused-ring (bicyclic) bond motifs is 4. The first kappa shape index (κ1) is 46.4. The van der Waals surface area contributed by atoms with Gasteiger partial charge in [-0.1, -0.05) is 82.0 Å². The molecule has 2 bridgehead atoms. The highest BCUT2D eigenvalue weighted by Gasteiger charge is 2.76. The Kier molecular flexibility index (Phi) is 15.4. The Morgan fingerprint density at radius 3 is 2.28 bits per heavy atom. The van der Waals surface area contributed by atoms with Crippen LogP contribution in [0.2, 0.25) is 0 Å². The molecule has 1 saturated carbocycles. The molecule has 14 heteroatoms. The Labute approximate surface area is 368 Å². The predicted octanol–water partition coefficient (Wildman–Crippen LogP) is 6.40. The molecule has 6 rings (SSSR count).